The lowest BCUT2D eigenvalue weighted by molar-refractivity contribution is 0.826. The molecule has 1 saturated heterocycles. The third-order valence-electron chi connectivity index (χ3n) is 4.08. The van der Waals surface area contributed by atoms with Crippen molar-refractivity contribution in [2.45, 2.75) is 32.7 Å². The van der Waals surface area contributed by atoms with Gasteiger partial charge in [0.1, 0.15) is 0 Å². The van der Waals surface area contributed by atoms with Crippen molar-refractivity contribution in [3.05, 3.63) is 48.0 Å². The van der Waals surface area contributed by atoms with E-state index in [1.807, 2.05) is 6.20 Å². The van der Waals surface area contributed by atoms with Crippen LogP contribution in [0.3, 0.4) is 0 Å². The average Bonchev–Trinajstić information content (AvgIpc) is 3.04. The Morgan fingerprint density at radius 2 is 2.00 bits per heavy atom. The van der Waals surface area contributed by atoms with Gasteiger partial charge < -0.3 is 10.2 Å². The van der Waals surface area contributed by atoms with E-state index in [2.05, 4.69) is 52.2 Å². The molecule has 0 amide bonds. The minimum Gasteiger partial charge on any atom is -0.377 e. The molecular weight excluding hydrogens is 260 g/mol. The minimum atomic E-state index is 0.148. The van der Waals surface area contributed by atoms with Gasteiger partial charge in [0.05, 0.1) is 17.9 Å². The van der Waals surface area contributed by atoms with Crippen LogP contribution in [0.25, 0.3) is 0 Å². The molecule has 1 aliphatic rings. The first kappa shape index (κ1) is 13.9. The lowest BCUT2D eigenvalue weighted by Gasteiger charge is -2.21. The summed E-state index contributed by atoms with van der Waals surface area (Å²) in [4.78, 5) is 10.9. The topological polar surface area (TPSA) is 41.0 Å². The molecule has 3 rings (SSSR count). The Labute approximate surface area is 126 Å². The first-order chi connectivity index (χ1) is 10.2. The summed E-state index contributed by atoms with van der Waals surface area (Å²) in [7, 11) is 0. The number of aromatic nitrogens is 2. The maximum Gasteiger partial charge on any atom is 0.0806 e. The van der Waals surface area contributed by atoms with Crippen molar-refractivity contribution in [3.8, 4) is 0 Å². The summed E-state index contributed by atoms with van der Waals surface area (Å²) in [5.41, 5.74) is 4.73. The SMILES string of the molecule is Cc1cc(N2CCCC2)ccc1NC(C)c1cnccn1. The van der Waals surface area contributed by atoms with E-state index < -0.39 is 0 Å². The van der Waals surface area contributed by atoms with Crippen LogP contribution in [0, 0.1) is 6.92 Å². The van der Waals surface area contributed by atoms with Gasteiger partial charge in [-0.05, 0) is 50.5 Å². The highest BCUT2D eigenvalue weighted by Gasteiger charge is 2.14. The summed E-state index contributed by atoms with van der Waals surface area (Å²) in [5.74, 6) is 0. The van der Waals surface area contributed by atoms with Gasteiger partial charge in [-0.2, -0.15) is 0 Å². The first-order valence-corrected chi connectivity index (χ1v) is 7.62. The van der Waals surface area contributed by atoms with Crippen LogP contribution in [0.15, 0.2) is 36.8 Å². The zero-order chi connectivity index (χ0) is 14.7. The van der Waals surface area contributed by atoms with Crippen LogP contribution < -0.4 is 10.2 Å². The van der Waals surface area contributed by atoms with Crippen molar-refractivity contribution in [1.82, 2.24) is 9.97 Å². The largest absolute Gasteiger partial charge is 0.377 e. The summed E-state index contributed by atoms with van der Waals surface area (Å²) in [6.07, 6.45) is 7.86. The molecular formula is C17H22N4. The number of aryl methyl sites for hydroxylation is 1. The van der Waals surface area contributed by atoms with Gasteiger partial charge in [0.15, 0.2) is 0 Å². The smallest absolute Gasteiger partial charge is 0.0806 e. The molecule has 1 fully saturated rings. The molecule has 4 heteroatoms. The third-order valence-corrected chi connectivity index (χ3v) is 4.08. The maximum atomic E-state index is 4.35. The second-order valence-electron chi connectivity index (χ2n) is 5.69. The van der Waals surface area contributed by atoms with E-state index in [4.69, 9.17) is 0 Å². The van der Waals surface area contributed by atoms with Crippen molar-refractivity contribution >= 4 is 11.4 Å². The van der Waals surface area contributed by atoms with Gasteiger partial charge in [0.25, 0.3) is 0 Å². The number of hydrogen-bond donors (Lipinski definition) is 1. The minimum absolute atomic E-state index is 0.148. The van der Waals surface area contributed by atoms with E-state index in [0.29, 0.717) is 0 Å². The molecule has 1 N–H and O–H groups in total. The van der Waals surface area contributed by atoms with Gasteiger partial charge in [0.2, 0.25) is 0 Å². The lowest BCUT2D eigenvalue weighted by atomic mass is 10.1. The Bertz CT molecular complexity index is 591. The van der Waals surface area contributed by atoms with E-state index in [9.17, 15) is 0 Å². The fourth-order valence-corrected chi connectivity index (χ4v) is 2.82. The van der Waals surface area contributed by atoms with Gasteiger partial charge in [-0.1, -0.05) is 0 Å². The number of nitrogens with one attached hydrogen (secondary N) is 1. The second-order valence-corrected chi connectivity index (χ2v) is 5.69. The molecule has 0 bridgehead atoms. The molecule has 1 aromatic carbocycles. The highest BCUT2D eigenvalue weighted by molar-refractivity contribution is 5.61. The van der Waals surface area contributed by atoms with Crippen LogP contribution in [-0.2, 0) is 0 Å². The average molecular weight is 282 g/mol. The van der Waals surface area contributed by atoms with Crippen LogP contribution in [0.1, 0.15) is 37.1 Å². The molecule has 2 aromatic rings. The lowest BCUT2D eigenvalue weighted by Crippen LogP contribution is -2.17. The molecule has 0 aliphatic carbocycles. The van der Waals surface area contributed by atoms with Gasteiger partial charge in [-0.15, -0.1) is 0 Å². The predicted molar refractivity (Wildman–Crippen MR) is 86.7 cm³/mol. The van der Waals surface area contributed by atoms with Gasteiger partial charge in [-0.25, -0.2) is 0 Å². The Balaban J connectivity index is 1.74. The summed E-state index contributed by atoms with van der Waals surface area (Å²) in [5, 5.41) is 3.52. The molecule has 0 radical (unpaired) electrons. The highest BCUT2D eigenvalue weighted by Crippen LogP contribution is 2.27. The van der Waals surface area contributed by atoms with Crippen molar-refractivity contribution in [3.63, 3.8) is 0 Å². The first-order valence-electron chi connectivity index (χ1n) is 7.62. The van der Waals surface area contributed by atoms with Gasteiger partial charge in [0, 0.05) is 36.9 Å². The molecule has 0 saturated carbocycles. The molecule has 110 valence electrons. The molecule has 2 heterocycles. The standard InChI is InChI=1S/C17H22N4/c1-13-11-15(21-9-3-4-10-21)5-6-16(13)20-14(2)17-12-18-7-8-19-17/h5-8,11-12,14,20H,3-4,9-10H2,1-2H3. The number of hydrogen-bond acceptors (Lipinski definition) is 4. The Morgan fingerprint density at radius 3 is 2.67 bits per heavy atom. The fourth-order valence-electron chi connectivity index (χ4n) is 2.82. The van der Waals surface area contributed by atoms with Crippen LogP contribution in [0.4, 0.5) is 11.4 Å². The van der Waals surface area contributed by atoms with Crippen molar-refractivity contribution in [2.75, 3.05) is 23.3 Å². The molecule has 21 heavy (non-hydrogen) atoms. The van der Waals surface area contributed by atoms with Gasteiger partial charge in [-0.3, -0.25) is 9.97 Å². The van der Waals surface area contributed by atoms with E-state index >= 15 is 0 Å². The monoisotopic (exact) mass is 282 g/mol. The van der Waals surface area contributed by atoms with Gasteiger partial charge >= 0.3 is 0 Å². The molecule has 0 spiro atoms. The summed E-state index contributed by atoms with van der Waals surface area (Å²) in [6, 6.07) is 6.81. The molecule has 1 aromatic heterocycles. The Morgan fingerprint density at radius 1 is 1.19 bits per heavy atom. The Kier molecular flexibility index (Phi) is 4.04. The van der Waals surface area contributed by atoms with Crippen molar-refractivity contribution in [2.24, 2.45) is 0 Å². The number of benzene rings is 1. The van der Waals surface area contributed by atoms with Crippen LogP contribution >= 0.6 is 0 Å². The normalized spacial score (nSPS) is 16.0. The van der Waals surface area contributed by atoms with Crippen LogP contribution in [0.2, 0.25) is 0 Å². The van der Waals surface area contributed by atoms with E-state index in [1.54, 1.807) is 12.4 Å². The number of rotatable bonds is 4. The zero-order valence-electron chi connectivity index (χ0n) is 12.7. The molecule has 1 unspecified atom stereocenters. The summed E-state index contributed by atoms with van der Waals surface area (Å²) in [6.45, 7) is 6.63. The molecule has 4 nitrogen and oxygen atoms in total. The van der Waals surface area contributed by atoms with Crippen LogP contribution in [-0.4, -0.2) is 23.1 Å². The van der Waals surface area contributed by atoms with Crippen molar-refractivity contribution in [1.29, 1.82) is 0 Å². The highest BCUT2D eigenvalue weighted by atomic mass is 15.1. The van der Waals surface area contributed by atoms with E-state index in [0.717, 1.165) is 11.4 Å². The third kappa shape index (κ3) is 3.15. The summed E-state index contributed by atoms with van der Waals surface area (Å²) >= 11 is 0. The molecule has 1 aliphatic heterocycles. The zero-order valence-corrected chi connectivity index (χ0v) is 12.7. The number of anilines is 2. The van der Waals surface area contributed by atoms with Crippen molar-refractivity contribution < 1.29 is 0 Å². The fraction of sp³-hybridized carbons (Fsp3) is 0.412. The second kappa shape index (κ2) is 6.12. The Hall–Kier alpha value is -2.10. The quantitative estimate of drug-likeness (QED) is 0.931. The maximum absolute atomic E-state index is 4.35. The summed E-state index contributed by atoms with van der Waals surface area (Å²) < 4.78 is 0. The van der Waals surface area contributed by atoms with Crippen LogP contribution in [0.5, 0.6) is 0 Å². The molecule has 1 atom stereocenters. The predicted octanol–water partition coefficient (Wildman–Crippen LogP) is 3.56. The number of nitrogens with zero attached hydrogens (tertiary/aromatic N) is 3. The van der Waals surface area contributed by atoms with E-state index in [-0.39, 0.29) is 6.04 Å². The van der Waals surface area contributed by atoms with E-state index in [1.165, 1.54) is 37.2 Å².